The number of pyridine rings is 1. The number of benzene rings is 1. The van der Waals surface area contributed by atoms with Crippen molar-refractivity contribution < 1.29 is 14.3 Å². The highest BCUT2D eigenvalue weighted by Gasteiger charge is 2.05. The standard InChI is InChI=1S/C15H14BrNO3/c1-2-19-14(18)6-4-10-20-13-8-7-12(16)11-5-3-9-17-15(11)13/h3-9H,2,10H2,1H3. The van der Waals surface area contributed by atoms with Gasteiger partial charge in [-0.25, -0.2) is 4.79 Å². The molecule has 0 spiro atoms. The van der Waals surface area contributed by atoms with Crippen molar-refractivity contribution in [1.82, 2.24) is 4.98 Å². The molecule has 5 heteroatoms. The summed E-state index contributed by atoms with van der Waals surface area (Å²) in [5, 5.41) is 0.986. The fourth-order valence-corrected chi connectivity index (χ4v) is 2.15. The predicted octanol–water partition coefficient (Wildman–Crippen LogP) is 3.50. The number of carbonyl (C=O) groups excluding carboxylic acids is 1. The number of esters is 1. The average molecular weight is 336 g/mol. The number of carbonyl (C=O) groups is 1. The van der Waals surface area contributed by atoms with E-state index in [2.05, 4.69) is 20.9 Å². The van der Waals surface area contributed by atoms with Gasteiger partial charge in [0.2, 0.25) is 0 Å². The normalized spacial score (nSPS) is 10.9. The van der Waals surface area contributed by atoms with Crippen LogP contribution in [0, 0.1) is 0 Å². The predicted molar refractivity (Wildman–Crippen MR) is 80.7 cm³/mol. The van der Waals surface area contributed by atoms with Crippen LogP contribution in [-0.2, 0) is 9.53 Å². The second-order valence-corrected chi connectivity index (χ2v) is 4.76. The number of hydrogen-bond acceptors (Lipinski definition) is 4. The molecule has 0 atom stereocenters. The molecule has 0 aliphatic rings. The fourth-order valence-electron chi connectivity index (χ4n) is 1.70. The van der Waals surface area contributed by atoms with Gasteiger partial charge in [0.1, 0.15) is 17.9 Å². The van der Waals surface area contributed by atoms with Crippen LogP contribution in [0.5, 0.6) is 5.75 Å². The highest BCUT2D eigenvalue weighted by atomic mass is 79.9. The molecule has 0 fully saturated rings. The first-order chi connectivity index (χ1) is 9.72. The number of rotatable bonds is 5. The summed E-state index contributed by atoms with van der Waals surface area (Å²) in [5.74, 6) is 0.312. The first kappa shape index (κ1) is 14.5. The first-order valence-corrected chi connectivity index (χ1v) is 7.01. The number of hydrogen-bond donors (Lipinski definition) is 0. The lowest BCUT2D eigenvalue weighted by Crippen LogP contribution is -2.01. The van der Waals surface area contributed by atoms with E-state index in [1.807, 2.05) is 24.3 Å². The summed E-state index contributed by atoms with van der Waals surface area (Å²) in [6.07, 6.45) is 4.70. The van der Waals surface area contributed by atoms with Gasteiger partial charge in [-0.1, -0.05) is 22.0 Å². The van der Waals surface area contributed by atoms with Crippen molar-refractivity contribution in [2.24, 2.45) is 0 Å². The zero-order valence-electron chi connectivity index (χ0n) is 11.0. The molecule has 1 aromatic carbocycles. The topological polar surface area (TPSA) is 48.4 Å². The summed E-state index contributed by atoms with van der Waals surface area (Å²) >= 11 is 3.48. The van der Waals surface area contributed by atoms with Gasteiger partial charge in [0, 0.05) is 22.1 Å². The van der Waals surface area contributed by atoms with Gasteiger partial charge in [-0.05, 0) is 31.2 Å². The number of halogens is 1. The molecule has 0 N–H and O–H groups in total. The summed E-state index contributed by atoms with van der Waals surface area (Å²) in [7, 11) is 0. The molecule has 0 radical (unpaired) electrons. The van der Waals surface area contributed by atoms with Crippen molar-refractivity contribution in [3.05, 3.63) is 47.1 Å². The van der Waals surface area contributed by atoms with Gasteiger partial charge in [-0.3, -0.25) is 4.98 Å². The third-order valence-corrected chi connectivity index (χ3v) is 3.25. The largest absolute Gasteiger partial charge is 0.487 e. The van der Waals surface area contributed by atoms with Crippen LogP contribution >= 0.6 is 15.9 Å². The van der Waals surface area contributed by atoms with Crippen molar-refractivity contribution in [2.75, 3.05) is 13.2 Å². The molecule has 0 bridgehead atoms. The number of nitrogens with zero attached hydrogens (tertiary/aromatic N) is 1. The highest BCUT2D eigenvalue weighted by molar-refractivity contribution is 9.10. The minimum absolute atomic E-state index is 0.284. The van der Waals surface area contributed by atoms with E-state index in [0.29, 0.717) is 12.4 Å². The zero-order chi connectivity index (χ0) is 14.4. The van der Waals surface area contributed by atoms with Gasteiger partial charge >= 0.3 is 5.97 Å². The molecule has 0 amide bonds. The Morgan fingerprint density at radius 1 is 1.40 bits per heavy atom. The maximum atomic E-state index is 11.1. The van der Waals surface area contributed by atoms with Crippen molar-refractivity contribution in [3.8, 4) is 5.75 Å². The van der Waals surface area contributed by atoms with Crippen LogP contribution in [0.25, 0.3) is 10.9 Å². The van der Waals surface area contributed by atoms with Crippen LogP contribution in [0.15, 0.2) is 47.1 Å². The Kier molecular flexibility index (Phi) is 5.12. The number of fused-ring (bicyclic) bond motifs is 1. The molecule has 0 saturated carbocycles. The lowest BCUT2D eigenvalue weighted by Gasteiger charge is -2.07. The lowest BCUT2D eigenvalue weighted by molar-refractivity contribution is -0.137. The Balaban J connectivity index is 2.07. The Morgan fingerprint density at radius 2 is 2.25 bits per heavy atom. The van der Waals surface area contributed by atoms with Crippen LogP contribution in [0.2, 0.25) is 0 Å². The molecule has 20 heavy (non-hydrogen) atoms. The molecule has 1 heterocycles. The van der Waals surface area contributed by atoms with Gasteiger partial charge in [-0.15, -0.1) is 0 Å². The van der Waals surface area contributed by atoms with Crippen LogP contribution < -0.4 is 4.74 Å². The first-order valence-electron chi connectivity index (χ1n) is 6.21. The van der Waals surface area contributed by atoms with E-state index in [1.165, 1.54) is 6.08 Å². The Labute approximate surface area is 125 Å². The van der Waals surface area contributed by atoms with Crippen molar-refractivity contribution in [3.63, 3.8) is 0 Å². The molecule has 2 aromatic rings. The van der Waals surface area contributed by atoms with E-state index in [9.17, 15) is 4.79 Å². The summed E-state index contributed by atoms with van der Waals surface area (Å²) < 4.78 is 11.4. The zero-order valence-corrected chi connectivity index (χ0v) is 12.6. The minimum atomic E-state index is -0.366. The van der Waals surface area contributed by atoms with Crippen molar-refractivity contribution in [1.29, 1.82) is 0 Å². The summed E-state index contributed by atoms with van der Waals surface area (Å²) in [5.41, 5.74) is 0.784. The minimum Gasteiger partial charge on any atom is -0.487 e. The van der Waals surface area contributed by atoms with Crippen LogP contribution in [0.4, 0.5) is 0 Å². The van der Waals surface area contributed by atoms with Gasteiger partial charge < -0.3 is 9.47 Å². The van der Waals surface area contributed by atoms with Crippen LogP contribution in [0.1, 0.15) is 6.92 Å². The van der Waals surface area contributed by atoms with E-state index in [4.69, 9.17) is 9.47 Å². The van der Waals surface area contributed by atoms with Gasteiger partial charge in [-0.2, -0.15) is 0 Å². The maximum Gasteiger partial charge on any atom is 0.330 e. The van der Waals surface area contributed by atoms with Gasteiger partial charge in [0.25, 0.3) is 0 Å². The molecule has 1 aromatic heterocycles. The van der Waals surface area contributed by atoms with Crippen LogP contribution in [-0.4, -0.2) is 24.2 Å². The fraction of sp³-hybridized carbons (Fsp3) is 0.200. The van der Waals surface area contributed by atoms with Gasteiger partial charge in [0.05, 0.1) is 6.61 Å². The van der Waals surface area contributed by atoms with E-state index < -0.39 is 0 Å². The summed E-state index contributed by atoms with van der Waals surface area (Å²) in [6.45, 7) is 2.42. The molecule has 104 valence electrons. The molecular weight excluding hydrogens is 322 g/mol. The monoisotopic (exact) mass is 335 g/mol. The van der Waals surface area contributed by atoms with Gasteiger partial charge in [0.15, 0.2) is 0 Å². The molecule has 0 unspecified atom stereocenters. The smallest absolute Gasteiger partial charge is 0.330 e. The van der Waals surface area contributed by atoms with Crippen LogP contribution in [0.3, 0.4) is 0 Å². The molecular formula is C15H14BrNO3. The molecule has 4 nitrogen and oxygen atoms in total. The second kappa shape index (κ2) is 7.05. The van der Waals surface area contributed by atoms with E-state index in [-0.39, 0.29) is 12.6 Å². The molecule has 0 saturated heterocycles. The number of ether oxygens (including phenoxy) is 2. The third-order valence-electron chi connectivity index (χ3n) is 2.56. The third kappa shape index (κ3) is 3.57. The average Bonchev–Trinajstić information content (AvgIpc) is 2.46. The van der Waals surface area contributed by atoms with E-state index in [1.54, 1.807) is 19.2 Å². The Bertz CT molecular complexity index is 640. The molecule has 2 rings (SSSR count). The Morgan fingerprint density at radius 3 is 3.05 bits per heavy atom. The Hall–Kier alpha value is -1.88. The maximum absolute atomic E-state index is 11.1. The highest BCUT2D eigenvalue weighted by Crippen LogP contribution is 2.29. The molecule has 0 aliphatic heterocycles. The van der Waals surface area contributed by atoms with E-state index in [0.717, 1.165) is 15.4 Å². The van der Waals surface area contributed by atoms with Crippen molar-refractivity contribution >= 4 is 32.8 Å². The SMILES string of the molecule is CCOC(=O)C=CCOc1ccc(Br)c2cccnc12. The summed E-state index contributed by atoms with van der Waals surface area (Å²) in [4.78, 5) is 15.4. The summed E-state index contributed by atoms with van der Waals surface area (Å²) in [6, 6.07) is 7.59. The number of aromatic nitrogens is 1. The van der Waals surface area contributed by atoms with E-state index >= 15 is 0 Å². The molecule has 0 aliphatic carbocycles. The second-order valence-electron chi connectivity index (χ2n) is 3.91. The van der Waals surface area contributed by atoms with Crippen molar-refractivity contribution in [2.45, 2.75) is 6.92 Å². The quantitative estimate of drug-likeness (QED) is 0.619. The lowest BCUT2D eigenvalue weighted by atomic mass is 10.2.